The number of carbonyl (C=O) groups is 1. The second-order valence-corrected chi connectivity index (χ2v) is 9.01. The van der Waals surface area contributed by atoms with E-state index in [1.807, 2.05) is 24.3 Å². The van der Waals surface area contributed by atoms with Gasteiger partial charge in [0.1, 0.15) is 17.2 Å². The summed E-state index contributed by atoms with van der Waals surface area (Å²) in [7, 11) is 0. The molecule has 0 aliphatic carbocycles. The summed E-state index contributed by atoms with van der Waals surface area (Å²) < 4.78 is 22.2. The van der Waals surface area contributed by atoms with Crippen LogP contribution >= 0.6 is 0 Å². The molecule has 2 aromatic rings. The first-order valence-corrected chi connectivity index (χ1v) is 13.0. The van der Waals surface area contributed by atoms with E-state index in [2.05, 4.69) is 6.92 Å². The standard InChI is InChI=1S/C29H40O5/c1-2-3-4-5-6-7-8-10-21-31-26-17-19-27(20-18-26)34-29(30)24-13-15-25(16-14-24)32-22-11-9-12-28-23-33-28/h13-20,28H,2-12,21-23H2,1H3. The lowest BCUT2D eigenvalue weighted by Gasteiger charge is -2.09. The number of ether oxygens (including phenoxy) is 4. The molecular formula is C29H40O5. The normalized spacial score (nSPS) is 14.6. The molecule has 0 N–H and O–H groups in total. The topological polar surface area (TPSA) is 57.3 Å². The minimum atomic E-state index is -0.386. The Balaban J connectivity index is 1.28. The van der Waals surface area contributed by atoms with Gasteiger partial charge in [0, 0.05) is 0 Å². The molecule has 5 nitrogen and oxygen atoms in total. The van der Waals surface area contributed by atoms with Crippen LogP contribution in [-0.2, 0) is 4.74 Å². The Morgan fingerprint density at radius 2 is 1.24 bits per heavy atom. The lowest BCUT2D eigenvalue weighted by Crippen LogP contribution is -2.08. The molecule has 2 aromatic carbocycles. The van der Waals surface area contributed by atoms with Crippen molar-refractivity contribution in [3.05, 3.63) is 54.1 Å². The zero-order chi connectivity index (χ0) is 23.8. The molecule has 1 aliphatic rings. The van der Waals surface area contributed by atoms with Gasteiger partial charge in [-0.1, -0.05) is 51.9 Å². The van der Waals surface area contributed by atoms with Crippen LogP contribution in [0, 0.1) is 0 Å². The van der Waals surface area contributed by atoms with Gasteiger partial charge in [0.25, 0.3) is 0 Å². The smallest absolute Gasteiger partial charge is 0.343 e. The molecule has 0 aromatic heterocycles. The minimum Gasteiger partial charge on any atom is -0.494 e. The van der Waals surface area contributed by atoms with Crippen molar-refractivity contribution in [1.82, 2.24) is 0 Å². The van der Waals surface area contributed by atoms with Gasteiger partial charge in [-0.25, -0.2) is 4.79 Å². The number of carbonyl (C=O) groups excluding carboxylic acids is 1. The Morgan fingerprint density at radius 3 is 1.82 bits per heavy atom. The lowest BCUT2D eigenvalue weighted by atomic mass is 10.1. The summed E-state index contributed by atoms with van der Waals surface area (Å²) in [5.41, 5.74) is 0.494. The Morgan fingerprint density at radius 1 is 0.735 bits per heavy atom. The first-order chi connectivity index (χ1) is 16.7. The molecule has 0 amide bonds. The molecule has 3 rings (SSSR count). The highest BCUT2D eigenvalue weighted by atomic mass is 16.6. The van der Waals surface area contributed by atoms with E-state index in [0.717, 1.165) is 50.4 Å². The molecule has 34 heavy (non-hydrogen) atoms. The number of hydrogen-bond acceptors (Lipinski definition) is 5. The summed E-state index contributed by atoms with van der Waals surface area (Å²) >= 11 is 0. The fraction of sp³-hybridized carbons (Fsp3) is 0.552. The third-order valence-corrected chi connectivity index (χ3v) is 5.98. The highest BCUT2D eigenvalue weighted by Crippen LogP contribution is 2.21. The lowest BCUT2D eigenvalue weighted by molar-refractivity contribution is 0.0734. The molecule has 1 aliphatic heterocycles. The number of hydrogen-bond donors (Lipinski definition) is 0. The van der Waals surface area contributed by atoms with E-state index in [1.54, 1.807) is 24.3 Å². The van der Waals surface area contributed by atoms with Gasteiger partial charge < -0.3 is 18.9 Å². The van der Waals surface area contributed by atoms with Crippen LogP contribution in [0.1, 0.15) is 87.9 Å². The van der Waals surface area contributed by atoms with Gasteiger partial charge in [-0.3, -0.25) is 0 Å². The second-order valence-electron chi connectivity index (χ2n) is 9.01. The van der Waals surface area contributed by atoms with Crippen LogP contribution in [0.25, 0.3) is 0 Å². The molecule has 5 heteroatoms. The van der Waals surface area contributed by atoms with Crippen LogP contribution in [0.4, 0.5) is 0 Å². The molecule has 1 heterocycles. The van der Waals surface area contributed by atoms with Gasteiger partial charge in [-0.15, -0.1) is 0 Å². The van der Waals surface area contributed by atoms with Crippen molar-refractivity contribution in [3.63, 3.8) is 0 Å². The predicted octanol–water partition coefficient (Wildman–Crippen LogP) is 7.37. The van der Waals surface area contributed by atoms with E-state index >= 15 is 0 Å². The van der Waals surface area contributed by atoms with E-state index in [4.69, 9.17) is 18.9 Å². The van der Waals surface area contributed by atoms with Crippen molar-refractivity contribution in [2.45, 2.75) is 83.7 Å². The van der Waals surface area contributed by atoms with Crippen molar-refractivity contribution in [3.8, 4) is 17.2 Å². The molecule has 1 fully saturated rings. The van der Waals surface area contributed by atoms with Gasteiger partial charge in [0.2, 0.25) is 0 Å². The quantitative estimate of drug-likeness (QED) is 0.0989. The van der Waals surface area contributed by atoms with Crippen molar-refractivity contribution in [2.24, 2.45) is 0 Å². The summed E-state index contributed by atoms with van der Waals surface area (Å²) in [5.74, 6) is 1.68. The van der Waals surface area contributed by atoms with Crippen LogP contribution in [-0.4, -0.2) is 31.9 Å². The third kappa shape index (κ3) is 10.6. The monoisotopic (exact) mass is 468 g/mol. The third-order valence-electron chi connectivity index (χ3n) is 5.98. The predicted molar refractivity (Wildman–Crippen MR) is 135 cm³/mol. The zero-order valence-electron chi connectivity index (χ0n) is 20.6. The van der Waals surface area contributed by atoms with E-state index in [1.165, 1.54) is 44.9 Å². The van der Waals surface area contributed by atoms with Crippen LogP contribution in [0.2, 0.25) is 0 Å². The highest BCUT2D eigenvalue weighted by Gasteiger charge is 2.21. The average Bonchev–Trinajstić information content (AvgIpc) is 3.69. The summed E-state index contributed by atoms with van der Waals surface area (Å²) in [5, 5.41) is 0. The molecule has 0 radical (unpaired) electrons. The van der Waals surface area contributed by atoms with Crippen molar-refractivity contribution >= 4 is 5.97 Å². The van der Waals surface area contributed by atoms with Crippen molar-refractivity contribution < 1.29 is 23.7 Å². The van der Waals surface area contributed by atoms with Gasteiger partial charge >= 0.3 is 5.97 Å². The molecular weight excluding hydrogens is 428 g/mol. The molecule has 186 valence electrons. The van der Waals surface area contributed by atoms with Crippen molar-refractivity contribution in [2.75, 3.05) is 19.8 Å². The fourth-order valence-corrected chi connectivity index (χ4v) is 3.78. The molecule has 0 bridgehead atoms. The Kier molecular flexibility index (Phi) is 11.8. The van der Waals surface area contributed by atoms with Gasteiger partial charge in [0.05, 0.1) is 31.5 Å². The molecule has 0 saturated carbocycles. The van der Waals surface area contributed by atoms with E-state index < -0.39 is 0 Å². The maximum Gasteiger partial charge on any atom is 0.343 e. The zero-order valence-corrected chi connectivity index (χ0v) is 20.6. The van der Waals surface area contributed by atoms with Gasteiger partial charge in [-0.2, -0.15) is 0 Å². The minimum absolute atomic E-state index is 0.386. The average molecular weight is 469 g/mol. The summed E-state index contributed by atoms with van der Waals surface area (Å²) in [4.78, 5) is 12.4. The number of benzene rings is 2. The number of esters is 1. The number of unbranched alkanes of at least 4 members (excludes halogenated alkanes) is 8. The largest absolute Gasteiger partial charge is 0.494 e. The maximum absolute atomic E-state index is 12.4. The number of epoxide rings is 1. The van der Waals surface area contributed by atoms with Crippen LogP contribution < -0.4 is 14.2 Å². The SMILES string of the molecule is CCCCCCCCCCOc1ccc(OC(=O)c2ccc(OCCCCC3CO3)cc2)cc1. The van der Waals surface area contributed by atoms with E-state index in [-0.39, 0.29) is 5.97 Å². The van der Waals surface area contributed by atoms with E-state index in [9.17, 15) is 4.79 Å². The van der Waals surface area contributed by atoms with Gasteiger partial charge in [-0.05, 0) is 74.2 Å². The van der Waals surface area contributed by atoms with E-state index in [0.29, 0.717) is 24.0 Å². The Hall–Kier alpha value is -2.53. The van der Waals surface area contributed by atoms with Crippen LogP contribution in [0.15, 0.2) is 48.5 Å². The van der Waals surface area contributed by atoms with Gasteiger partial charge in [0.15, 0.2) is 0 Å². The first-order valence-electron chi connectivity index (χ1n) is 13.0. The van der Waals surface area contributed by atoms with Crippen LogP contribution in [0.5, 0.6) is 17.2 Å². The maximum atomic E-state index is 12.4. The summed E-state index contributed by atoms with van der Waals surface area (Å²) in [6, 6.07) is 14.3. The van der Waals surface area contributed by atoms with Crippen molar-refractivity contribution in [1.29, 1.82) is 0 Å². The molecule has 1 atom stereocenters. The summed E-state index contributed by atoms with van der Waals surface area (Å²) in [6.45, 7) is 4.55. The van der Waals surface area contributed by atoms with Crippen LogP contribution in [0.3, 0.4) is 0 Å². The molecule has 1 unspecified atom stereocenters. The first kappa shape index (κ1) is 26.1. The Labute approximate surface area is 204 Å². The second kappa shape index (κ2) is 15.4. The number of rotatable bonds is 18. The highest BCUT2D eigenvalue weighted by molar-refractivity contribution is 5.91. The molecule has 1 saturated heterocycles. The fourth-order valence-electron chi connectivity index (χ4n) is 3.78. The summed E-state index contributed by atoms with van der Waals surface area (Å²) in [6.07, 6.45) is 14.0. The Bertz CT molecular complexity index is 811. The molecule has 0 spiro atoms.